The minimum absolute atomic E-state index is 0.0802. The molecule has 0 atom stereocenters. The van der Waals surface area contributed by atoms with Crippen LogP contribution in [0, 0.1) is 0 Å². The van der Waals surface area contributed by atoms with Gasteiger partial charge in [0.25, 0.3) is 0 Å². The fraction of sp³-hybridized carbons (Fsp3) is 0.0909. The second kappa shape index (κ2) is 6.00. The van der Waals surface area contributed by atoms with Gasteiger partial charge >= 0.3 is 0 Å². The first-order valence-corrected chi connectivity index (χ1v) is 7.65. The number of hydrogen-bond acceptors (Lipinski definition) is 4. The Morgan fingerprint density at radius 3 is 2.82 bits per heavy atom. The minimum Gasteiger partial charge on any atom is -0.292 e. The molecule has 0 aliphatic rings. The molecular weight excluding hydrogens is 342 g/mol. The van der Waals surface area contributed by atoms with Crippen molar-refractivity contribution in [1.29, 1.82) is 0 Å². The van der Waals surface area contributed by atoms with E-state index in [1.807, 2.05) is 12.1 Å². The van der Waals surface area contributed by atoms with Gasteiger partial charge in [0, 0.05) is 10.7 Å². The van der Waals surface area contributed by atoms with Crippen molar-refractivity contribution in [2.24, 2.45) is 0 Å². The summed E-state index contributed by atoms with van der Waals surface area (Å²) in [6.45, 7) is 0. The maximum Gasteiger partial charge on any atom is 0.183 e. The monoisotopic (exact) mass is 347 g/mol. The summed E-state index contributed by atoms with van der Waals surface area (Å²) in [6, 6.07) is 7.28. The Kier molecular flexibility index (Phi) is 4.62. The van der Waals surface area contributed by atoms with Crippen LogP contribution in [0.4, 0.5) is 0 Å². The topological polar surface area (TPSA) is 30.0 Å². The van der Waals surface area contributed by atoms with Gasteiger partial charge in [-0.2, -0.15) is 0 Å². The number of thiophene rings is 1. The van der Waals surface area contributed by atoms with Gasteiger partial charge in [-0.05, 0) is 40.2 Å². The average molecular weight is 349 g/mol. The molecule has 2 aromatic rings. The Labute approximate surface area is 121 Å². The number of Topliss-reactive ketones (excluding diaryl/α,β-unsaturated/α-hetero) is 1. The van der Waals surface area contributed by atoms with Crippen LogP contribution in [-0.4, -0.2) is 16.5 Å². The molecule has 0 aliphatic carbocycles. The first-order valence-electron chi connectivity index (χ1n) is 4.68. The second-order valence-corrected chi connectivity index (χ2v) is 6.76. The molecule has 2 aromatic heterocycles. The van der Waals surface area contributed by atoms with Crippen LogP contribution < -0.4 is 0 Å². The molecule has 2 nitrogen and oxygen atoms in total. The lowest BCUT2D eigenvalue weighted by molar-refractivity contribution is 0.102. The van der Waals surface area contributed by atoms with Crippen molar-refractivity contribution in [2.75, 3.05) is 5.75 Å². The van der Waals surface area contributed by atoms with Crippen LogP contribution in [0.5, 0.6) is 0 Å². The summed E-state index contributed by atoms with van der Waals surface area (Å²) >= 11 is 11.8. The highest BCUT2D eigenvalue weighted by Gasteiger charge is 2.09. The molecule has 0 aromatic carbocycles. The lowest BCUT2D eigenvalue weighted by Gasteiger charge is -1.99. The zero-order chi connectivity index (χ0) is 12.3. The summed E-state index contributed by atoms with van der Waals surface area (Å²) in [5, 5.41) is 0.837. The summed E-state index contributed by atoms with van der Waals surface area (Å²) in [7, 11) is 0. The molecule has 0 bridgehead atoms. The molecule has 6 heteroatoms. The van der Waals surface area contributed by atoms with E-state index in [4.69, 9.17) is 11.6 Å². The van der Waals surface area contributed by atoms with Crippen LogP contribution in [0.1, 0.15) is 9.67 Å². The quantitative estimate of drug-likeness (QED) is 0.600. The highest BCUT2D eigenvalue weighted by Crippen LogP contribution is 2.24. The molecule has 0 radical (unpaired) electrons. The standard InChI is InChI=1S/C11H7BrClNOS2/c12-7-1-4-11(14-5-7)16-6-8(15)9-2-3-10(13)17-9/h1-5H,6H2. The van der Waals surface area contributed by atoms with Gasteiger partial charge in [-0.1, -0.05) is 23.4 Å². The van der Waals surface area contributed by atoms with Crippen molar-refractivity contribution in [2.45, 2.75) is 5.03 Å². The molecule has 2 rings (SSSR count). The van der Waals surface area contributed by atoms with Crippen molar-refractivity contribution in [3.8, 4) is 0 Å². The first kappa shape index (κ1) is 13.1. The lowest BCUT2D eigenvalue weighted by Crippen LogP contribution is -1.99. The molecule has 0 fully saturated rings. The predicted octanol–water partition coefficient (Wildman–Crippen LogP) is 4.53. The number of halogens is 2. The van der Waals surface area contributed by atoms with Crippen LogP contribution in [0.15, 0.2) is 40.0 Å². The molecule has 0 amide bonds. The second-order valence-electron chi connectivity index (χ2n) is 3.13. The Morgan fingerprint density at radius 2 is 2.24 bits per heavy atom. The number of carbonyl (C=O) groups excluding carboxylic acids is 1. The van der Waals surface area contributed by atoms with Gasteiger partial charge < -0.3 is 0 Å². The smallest absolute Gasteiger partial charge is 0.183 e. The van der Waals surface area contributed by atoms with E-state index in [-0.39, 0.29) is 5.78 Å². The van der Waals surface area contributed by atoms with Crippen molar-refractivity contribution in [1.82, 2.24) is 4.98 Å². The molecule has 0 saturated heterocycles. The molecule has 0 aliphatic heterocycles. The normalized spacial score (nSPS) is 10.5. The van der Waals surface area contributed by atoms with Crippen LogP contribution in [0.25, 0.3) is 0 Å². The highest BCUT2D eigenvalue weighted by atomic mass is 79.9. The molecule has 88 valence electrons. The maximum atomic E-state index is 11.8. The van der Waals surface area contributed by atoms with Gasteiger partial charge in [0.2, 0.25) is 0 Å². The molecule has 0 unspecified atom stereocenters. The lowest BCUT2D eigenvalue weighted by atomic mass is 10.4. The third-order valence-corrected chi connectivity index (χ3v) is 4.58. The minimum atomic E-state index is 0.0802. The number of hydrogen-bond donors (Lipinski definition) is 0. The Hall–Kier alpha value is -0.360. The Balaban J connectivity index is 1.94. The third-order valence-electron chi connectivity index (χ3n) is 1.90. The van der Waals surface area contributed by atoms with Gasteiger partial charge in [-0.25, -0.2) is 4.98 Å². The van der Waals surface area contributed by atoms with Crippen LogP contribution >= 0.6 is 50.6 Å². The van der Waals surface area contributed by atoms with E-state index in [1.54, 1.807) is 18.3 Å². The summed E-state index contributed by atoms with van der Waals surface area (Å²) < 4.78 is 1.57. The number of nitrogens with zero attached hydrogens (tertiary/aromatic N) is 1. The summed E-state index contributed by atoms with van der Waals surface area (Å²) in [6.07, 6.45) is 1.72. The number of ketones is 1. The molecule has 0 N–H and O–H groups in total. The summed E-state index contributed by atoms with van der Waals surface area (Å²) in [5.41, 5.74) is 0. The number of pyridine rings is 1. The van der Waals surface area contributed by atoms with Crippen molar-refractivity contribution >= 4 is 56.4 Å². The van der Waals surface area contributed by atoms with Crippen LogP contribution in [0.2, 0.25) is 4.34 Å². The molecular formula is C11H7BrClNOS2. The first-order chi connectivity index (χ1) is 8.15. The number of aromatic nitrogens is 1. The van der Waals surface area contributed by atoms with Crippen LogP contribution in [0.3, 0.4) is 0 Å². The van der Waals surface area contributed by atoms with Crippen molar-refractivity contribution < 1.29 is 4.79 Å². The maximum absolute atomic E-state index is 11.8. The zero-order valence-electron chi connectivity index (χ0n) is 8.52. The molecule has 2 heterocycles. The average Bonchev–Trinajstić information content (AvgIpc) is 2.75. The zero-order valence-corrected chi connectivity index (χ0v) is 12.5. The van der Waals surface area contributed by atoms with E-state index in [2.05, 4.69) is 20.9 Å². The van der Waals surface area contributed by atoms with E-state index in [0.29, 0.717) is 15.0 Å². The Bertz CT molecular complexity index is 527. The number of rotatable bonds is 4. The van der Waals surface area contributed by atoms with E-state index >= 15 is 0 Å². The third kappa shape index (κ3) is 3.81. The van der Waals surface area contributed by atoms with Gasteiger partial charge in [0.1, 0.15) is 0 Å². The molecule has 0 spiro atoms. The SMILES string of the molecule is O=C(CSc1ccc(Br)cn1)c1ccc(Cl)s1. The summed E-state index contributed by atoms with van der Waals surface area (Å²) in [5.74, 6) is 0.461. The fourth-order valence-electron chi connectivity index (χ4n) is 1.12. The van der Waals surface area contributed by atoms with E-state index in [0.717, 1.165) is 9.50 Å². The number of carbonyl (C=O) groups is 1. The molecule has 0 saturated carbocycles. The fourth-order valence-corrected chi connectivity index (χ4v) is 3.15. The van der Waals surface area contributed by atoms with E-state index < -0.39 is 0 Å². The van der Waals surface area contributed by atoms with Gasteiger partial charge in [-0.15, -0.1) is 11.3 Å². The van der Waals surface area contributed by atoms with E-state index in [1.165, 1.54) is 23.1 Å². The van der Waals surface area contributed by atoms with Gasteiger partial charge in [0.15, 0.2) is 5.78 Å². The van der Waals surface area contributed by atoms with Crippen molar-refractivity contribution in [3.05, 3.63) is 44.1 Å². The largest absolute Gasteiger partial charge is 0.292 e. The number of thioether (sulfide) groups is 1. The van der Waals surface area contributed by atoms with Gasteiger partial charge in [0.05, 0.1) is 20.0 Å². The highest BCUT2D eigenvalue weighted by molar-refractivity contribution is 9.10. The van der Waals surface area contributed by atoms with E-state index in [9.17, 15) is 4.79 Å². The molecule has 17 heavy (non-hydrogen) atoms. The predicted molar refractivity (Wildman–Crippen MR) is 76.3 cm³/mol. The Morgan fingerprint density at radius 1 is 1.41 bits per heavy atom. The van der Waals surface area contributed by atoms with Gasteiger partial charge in [-0.3, -0.25) is 4.79 Å². The van der Waals surface area contributed by atoms with Crippen molar-refractivity contribution in [3.63, 3.8) is 0 Å². The van der Waals surface area contributed by atoms with Crippen LogP contribution in [-0.2, 0) is 0 Å². The summed E-state index contributed by atoms with van der Waals surface area (Å²) in [4.78, 5) is 16.7.